The van der Waals surface area contributed by atoms with Crippen LogP contribution in [0.3, 0.4) is 0 Å². The normalized spacial score (nSPS) is 16.6. The Bertz CT molecular complexity index is 1360. The highest BCUT2D eigenvalue weighted by Gasteiger charge is 2.37. The molecule has 0 radical (unpaired) electrons. The smallest absolute Gasteiger partial charge is 0.274 e. The van der Waals surface area contributed by atoms with Gasteiger partial charge in [-0.05, 0) is 30.8 Å². The second-order valence-electron chi connectivity index (χ2n) is 9.14. The largest absolute Gasteiger partial charge is 0.383 e. The zero-order valence-corrected chi connectivity index (χ0v) is 21.3. The first-order valence-electron chi connectivity index (χ1n) is 12.0. The van der Waals surface area contributed by atoms with Gasteiger partial charge in [-0.1, -0.05) is 30.3 Å². The Morgan fingerprint density at radius 1 is 1.11 bits per heavy atom. The van der Waals surface area contributed by atoms with Crippen molar-refractivity contribution < 1.29 is 22.7 Å². The fraction of sp³-hybridized carbons (Fsp3) is 0.385. The fourth-order valence-corrected chi connectivity index (χ4v) is 6.31. The maximum atomic E-state index is 13.5. The number of likely N-dealkylation sites (N-methyl/N-ethyl adjacent to an activating group) is 1. The average molecular weight is 511 g/mol. The van der Waals surface area contributed by atoms with Crippen molar-refractivity contribution >= 4 is 15.7 Å². The van der Waals surface area contributed by atoms with Crippen molar-refractivity contribution in [2.24, 2.45) is 0 Å². The molecule has 0 saturated carbocycles. The number of amides is 1. The number of morpholine rings is 1. The zero-order valence-electron chi connectivity index (χ0n) is 20.5. The molecule has 10 heteroatoms. The summed E-state index contributed by atoms with van der Waals surface area (Å²) in [6.45, 7) is 4.07. The van der Waals surface area contributed by atoms with Crippen LogP contribution in [0.1, 0.15) is 21.6 Å². The van der Waals surface area contributed by atoms with E-state index in [0.29, 0.717) is 49.7 Å². The molecule has 0 bridgehead atoms. The van der Waals surface area contributed by atoms with Crippen LogP contribution in [0.15, 0.2) is 53.4 Å². The molecule has 1 amide bonds. The Morgan fingerprint density at radius 3 is 2.56 bits per heavy atom. The third-order valence-corrected chi connectivity index (χ3v) is 8.30. The maximum Gasteiger partial charge on any atom is 0.274 e. The first kappa shape index (κ1) is 24.6. The van der Waals surface area contributed by atoms with Crippen LogP contribution in [0.25, 0.3) is 16.9 Å². The van der Waals surface area contributed by atoms with E-state index >= 15 is 0 Å². The van der Waals surface area contributed by atoms with E-state index in [2.05, 4.69) is 4.90 Å². The molecule has 1 saturated heterocycles. The molecule has 2 aromatic carbocycles. The van der Waals surface area contributed by atoms with Crippen LogP contribution in [-0.2, 0) is 31.6 Å². The van der Waals surface area contributed by atoms with Crippen LogP contribution in [0.4, 0.5) is 0 Å². The first-order chi connectivity index (χ1) is 17.4. The molecular weight excluding hydrogens is 480 g/mol. The Kier molecular flexibility index (Phi) is 6.94. The number of nitrogens with zero attached hydrogens (tertiary/aromatic N) is 4. The Hall–Kier alpha value is -3.05. The van der Waals surface area contributed by atoms with Crippen LogP contribution >= 0.6 is 0 Å². The lowest BCUT2D eigenvalue weighted by atomic mass is 10.0. The topological polar surface area (TPSA) is 94.0 Å². The van der Waals surface area contributed by atoms with E-state index in [4.69, 9.17) is 14.6 Å². The average Bonchev–Trinajstić information content (AvgIpc) is 3.26. The van der Waals surface area contributed by atoms with Gasteiger partial charge in [0.15, 0.2) is 15.5 Å². The molecule has 3 aromatic rings. The van der Waals surface area contributed by atoms with Gasteiger partial charge in [0.05, 0.1) is 41.9 Å². The summed E-state index contributed by atoms with van der Waals surface area (Å²) in [4.78, 5) is 17.6. The molecule has 0 unspecified atom stereocenters. The van der Waals surface area contributed by atoms with Gasteiger partial charge in [0.1, 0.15) is 0 Å². The van der Waals surface area contributed by atoms with E-state index in [0.717, 1.165) is 24.3 Å². The summed E-state index contributed by atoms with van der Waals surface area (Å²) in [6.07, 6.45) is 0. The molecule has 2 aliphatic rings. The van der Waals surface area contributed by atoms with Crippen molar-refractivity contribution in [2.75, 3.05) is 53.6 Å². The highest BCUT2D eigenvalue weighted by molar-refractivity contribution is 7.90. The van der Waals surface area contributed by atoms with Gasteiger partial charge in [0.2, 0.25) is 0 Å². The molecule has 36 heavy (non-hydrogen) atoms. The van der Waals surface area contributed by atoms with Crippen molar-refractivity contribution in [3.8, 4) is 16.9 Å². The Morgan fingerprint density at radius 2 is 1.83 bits per heavy atom. The number of hydrogen-bond acceptors (Lipinski definition) is 7. The van der Waals surface area contributed by atoms with Crippen LogP contribution in [0, 0.1) is 0 Å². The monoisotopic (exact) mass is 510 g/mol. The lowest BCUT2D eigenvalue weighted by Gasteiger charge is -2.26. The van der Waals surface area contributed by atoms with Crippen LogP contribution in [0.2, 0.25) is 0 Å². The molecule has 0 N–H and O–H groups in total. The van der Waals surface area contributed by atoms with Crippen molar-refractivity contribution in [3.05, 3.63) is 65.4 Å². The summed E-state index contributed by atoms with van der Waals surface area (Å²) in [5.41, 5.74) is 3.76. The molecule has 5 rings (SSSR count). The lowest BCUT2D eigenvalue weighted by molar-refractivity contribution is 0.0298. The van der Waals surface area contributed by atoms with Gasteiger partial charge in [-0.2, -0.15) is 5.10 Å². The number of aromatic nitrogens is 2. The highest BCUT2D eigenvalue weighted by atomic mass is 32.2. The van der Waals surface area contributed by atoms with E-state index in [1.54, 1.807) is 34.9 Å². The number of ether oxygens (including phenoxy) is 2. The minimum atomic E-state index is -3.60. The minimum absolute atomic E-state index is 0.188. The summed E-state index contributed by atoms with van der Waals surface area (Å²) in [6, 6.07) is 14.9. The summed E-state index contributed by atoms with van der Waals surface area (Å²) in [7, 11) is 0.125. The van der Waals surface area contributed by atoms with E-state index in [-0.39, 0.29) is 22.2 Å². The molecule has 3 heterocycles. The Balaban J connectivity index is 1.57. The molecule has 1 fully saturated rings. The number of fused-ring (bicyclic) bond motifs is 3. The minimum Gasteiger partial charge on any atom is -0.383 e. The van der Waals surface area contributed by atoms with Crippen molar-refractivity contribution in [3.63, 3.8) is 0 Å². The summed E-state index contributed by atoms with van der Waals surface area (Å²) < 4.78 is 38.6. The predicted molar refractivity (Wildman–Crippen MR) is 135 cm³/mol. The number of hydrogen-bond donors (Lipinski definition) is 0. The predicted octanol–water partition coefficient (Wildman–Crippen LogP) is 2.38. The Labute approximate surface area is 211 Å². The summed E-state index contributed by atoms with van der Waals surface area (Å²) in [5.74, 6) is -0.521. The molecule has 2 aliphatic heterocycles. The highest BCUT2D eigenvalue weighted by Crippen LogP contribution is 2.40. The van der Waals surface area contributed by atoms with Gasteiger partial charge in [-0.25, -0.2) is 13.1 Å². The van der Waals surface area contributed by atoms with Crippen LogP contribution in [-0.4, -0.2) is 87.5 Å². The first-order valence-corrected chi connectivity index (χ1v) is 13.6. The molecule has 9 nitrogen and oxygen atoms in total. The lowest BCUT2D eigenvalue weighted by Crippen LogP contribution is -2.41. The number of sulfone groups is 1. The second kappa shape index (κ2) is 10.1. The standard InChI is InChI=1S/C26H30N4O5S/c1-28(11-14-34-2)17-19-7-9-20(10-8-19)30-25-21-5-3-4-6-23(21)36(32,33)18-22(25)24(27-30)26(31)29-12-15-35-16-13-29/h3-10H,11-18H2,1-2H3. The van der Waals surface area contributed by atoms with Gasteiger partial charge < -0.3 is 14.4 Å². The van der Waals surface area contributed by atoms with Gasteiger partial charge in [-0.3, -0.25) is 9.69 Å². The van der Waals surface area contributed by atoms with Gasteiger partial charge in [-0.15, -0.1) is 0 Å². The quantitative estimate of drug-likeness (QED) is 0.482. The van der Waals surface area contributed by atoms with Crippen LogP contribution < -0.4 is 0 Å². The molecular formula is C26H30N4O5S. The molecule has 0 aliphatic carbocycles. The van der Waals surface area contributed by atoms with Crippen molar-refractivity contribution in [2.45, 2.75) is 17.2 Å². The van der Waals surface area contributed by atoms with E-state index in [1.807, 2.05) is 37.4 Å². The van der Waals surface area contributed by atoms with Gasteiger partial charge >= 0.3 is 0 Å². The van der Waals surface area contributed by atoms with Crippen LogP contribution in [0.5, 0.6) is 0 Å². The molecule has 1 aromatic heterocycles. The number of benzene rings is 2. The third-order valence-electron chi connectivity index (χ3n) is 6.61. The van der Waals surface area contributed by atoms with Crippen molar-refractivity contribution in [1.82, 2.24) is 19.6 Å². The van der Waals surface area contributed by atoms with E-state index in [9.17, 15) is 13.2 Å². The SMILES string of the molecule is COCCN(C)Cc1ccc(-n2nc(C(=O)N3CCOCC3)c3c2-c2ccccc2S(=O)(=O)C3)cc1. The van der Waals surface area contributed by atoms with E-state index < -0.39 is 9.84 Å². The van der Waals surface area contributed by atoms with Gasteiger partial charge in [0, 0.05) is 44.4 Å². The fourth-order valence-electron chi connectivity index (χ4n) is 4.72. The summed E-state index contributed by atoms with van der Waals surface area (Å²) in [5, 5.41) is 4.73. The second-order valence-corrected chi connectivity index (χ2v) is 11.1. The molecule has 0 spiro atoms. The third kappa shape index (κ3) is 4.69. The number of carbonyl (C=O) groups excluding carboxylic acids is 1. The van der Waals surface area contributed by atoms with Crippen molar-refractivity contribution in [1.29, 1.82) is 0 Å². The zero-order chi connectivity index (χ0) is 25.3. The molecule has 0 atom stereocenters. The summed E-state index contributed by atoms with van der Waals surface area (Å²) >= 11 is 0. The maximum absolute atomic E-state index is 13.5. The van der Waals surface area contributed by atoms with E-state index in [1.165, 1.54) is 0 Å². The van der Waals surface area contributed by atoms with Gasteiger partial charge in [0.25, 0.3) is 5.91 Å². The molecule has 190 valence electrons. The number of methoxy groups -OCH3 is 1. The number of carbonyl (C=O) groups is 1. The number of rotatable bonds is 7.